The molecule has 0 unspecified atom stereocenters. The second-order valence-corrected chi connectivity index (χ2v) is 9.16. The minimum atomic E-state index is -0.201. The summed E-state index contributed by atoms with van der Waals surface area (Å²) in [5.74, 6) is 0.579. The molecule has 0 aliphatic rings. The number of nitrogens with zero attached hydrogens (tertiary/aromatic N) is 1. The number of carbonyl (C=O) groups is 1. The van der Waals surface area contributed by atoms with E-state index in [-0.39, 0.29) is 5.91 Å². The number of unbranched alkanes of at least 4 members (excludes halogenated alkanes) is 4. The number of anilines is 1. The quantitative estimate of drug-likeness (QED) is 0.289. The van der Waals surface area contributed by atoms with E-state index in [0.29, 0.717) is 33.8 Å². The van der Waals surface area contributed by atoms with Gasteiger partial charge in [0, 0.05) is 23.1 Å². The Morgan fingerprint density at radius 1 is 1.06 bits per heavy atom. The van der Waals surface area contributed by atoms with Gasteiger partial charge in [-0.1, -0.05) is 67.9 Å². The van der Waals surface area contributed by atoms with E-state index < -0.39 is 0 Å². The zero-order chi connectivity index (χ0) is 22.1. The predicted octanol–water partition coefficient (Wildman–Crippen LogP) is 7.64. The molecule has 31 heavy (non-hydrogen) atoms. The highest BCUT2D eigenvalue weighted by Crippen LogP contribution is 2.29. The fourth-order valence-electron chi connectivity index (χ4n) is 3.09. The fourth-order valence-corrected chi connectivity index (χ4v) is 4.30. The van der Waals surface area contributed by atoms with Crippen LogP contribution in [0.3, 0.4) is 0 Å². The van der Waals surface area contributed by atoms with Gasteiger partial charge < -0.3 is 4.74 Å². The summed E-state index contributed by atoms with van der Waals surface area (Å²) in [5, 5.41) is 4.47. The van der Waals surface area contributed by atoms with Crippen LogP contribution in [0.15, 0.2) is 48.7 Å². The van der Waals surface area contributed by atoms with E-state index in [1.165, 1.54) is 37.0 Å². The first-order chi connectivity index (χ1) is 15.1. The van der Waals surface area contributed by atoms with Gasteiger partial charge in [0.15, 0.2) is 5.13 Å². The second-order valence-electron chi connectivity index (χ2n) is 7.26. The van der Waals surface area contributed by atoms with E-state index >= 15 is 0 Å². The molecule has 3 aromatic rings. The van der Waals surface area contributed by atoms with Gasteiger partial charge in [0.2, 0.25) is 0 Å². The van der Waals surface area contributed by atoms with Crippen molar-refractivity contribution in [3.8, 4) is 5.75 Å². The zero-order valence-electron chi connectivity index (χ0n) is 17.5. The van der Waals surface area contributed by atoms with E-state index in [0.717, 1.165) is 22.6 Å². The minimum absolute atomic E-state index is 0.201. The number of ether oxygens (including phenoxy) is 1. The molecule has 7 heteroatoms. The third-order valence-corrected chi connectivity index (χ3v) is 6.57. The molecular formula is C24H26Cl2N2O2S. The normalized spacial score (nSPS) is 10.8. The number of hydrogen-bond donors (Lipinski definition) is 1. The van der Waals surface area contributed by atoms with Gasteiger partial charge in [-0.2, -0.15) is 0 Å². The lowest BCUT2D eigenvalue weighted by molar-refractivity contribution is 0.102. The van der Waals surface area contributed by atoms with Crippen LogP contribution in [-0.2, 0) is 6.42 Å². The fraction of sp³-hybridized carbons (Fsp3) is 0.333. The molecule has 0 fully saturated rings. The lowest BCUT2D eigenvalue weighted by Gasteiger charge is -2.07. The first kappa shape index (κ1) is 23.6. The number of halogens is 2. The van der Waals surface area contributed by atoms with Crippen molar-refractivity contribution < 1.29 is 9.53 Å². The van der Waals surface area contributed by atoms with Crippen LogP contribution in [0.25, 0.3) is 0 Å². The third-order valence-electron chi connectivity index (χ3n) is 4.80. The monoisotopic (exact) mass is 476 g/mol. The molecule has 1 N–H and O–H groups in total. The molecule has 1 aromatic heterocycles. The van der Waals surface area contributed by atoms with Gasteiger partial charge in [0.25, 0.3) is 5.91 Å². The van der Waals surface area contributed by atoms with Gasteiger partial charge in [-0.3, -0.25) is 10.1 Å². The van der Waals surface area contributed by atoms with Crippen LogP contribution in [0.5, 0.6) is 5.75 Å². The number of thiazole rings is 1. The molecule has 0 saturated heterocycles. The third kappa shape index (κ3) is 7.23. The topological polar surface area (TPSA) is 51.2 Å². The van der Waals surface area contributed by atoms with Gasteiger partial charge in [-0.25, -0.2) is 4.98 Å². The summed E-state index contributed by atoms with van der Waals surface area (Å²) in [6.45, 7) is 2.91. The lowest BCUT2D eigenvalue weighted by Crippen LogP contribution is -2.11. The molecule has 0 aliphatic carbocycles. The van der Waals surface area contributed by atoms with E-state index in [4.69, 9.17) is 27.9 Å². The molecule has 0 spiro atoms. The highest BCUT2D eigenvalue weighted by molar-refractivity contribution is 7.15. The van der Waals surface area contributed by atoms with Crippen LogP contribution >= 0.6 is 34.5 Å². The van der Waals surface area contributed by atoms with E-state index in [2.05, 4.69) is 17.2 Å². The largest absolute Gasteiger partial charge is 0.494 e. The highest BCUT2D eigenvalue weighted by Gasteiger charge is 2.11. The second kappa shape index (κ2) is 12.1. The molecular weight excluding hydrogens is 451 g/mol. The summed E-state index contributed by atoms with van der Waals surface area (Å²) in [5.41, 5.74) is 1.49. The summed E-state index contributed by atoms with van der Waals surface area (Å²) in [6, 6.07) is 12.7. The number of amides is 1. The summed E-state index contributed by atoms with van der Waals surface area (Å²) in [7, 11) is 0. The van der Waals surface area contributed by atoms with Gasteiger partial charge in [0.1, 0.15) is 5.75 Å². The summed E-state index contributed by atoms with van der Waals surface area (Å²) in [4.78, 5) is 17.8. The Balaban J connectivity index is 1.49. The summed E-state index contributed by atoms with van der Waals surface area (Å²) in [6.07, 6.45) is 8.36. The van der Waals surface area contributed by atoms with E-state index in [1.807, 2.05) is 24.3 Å². The van der Waals surface area contributed by atoms with Gasteiger partial charge in [-0.05, 0) is 42.3 Å². The van der Waals surface area contributed by atoms with E-state index in [9.17, 15) is 4.79 Å². The van der Waals surface area contributed by atoms with Crippen molar-refractivity contribution >= 4 is 45.6 Å². The van der Waals surface area contributed by atoms with Crippen molar-refractivity contribution in [2.75, 3.05) is 11.9 Å². The van der Waals surface area contributed by atoms with Gasteiger partial charge in [-0.15, -0.1) is 11.3 Å². The molecule has 0 radical (unpaired) electrons. The number of nitrogens with one attached hydrogen (secondary N) is 1. The van der Waals surface area contributed by atoms with Gasteiger partial charge >= 0.3 is 0 Å². The van der Waals surface area contributed by atoms with Crippen molar-refractivity contribution in [1.82, 2.24) is 4.98 Å². The number of rotatable bonds is 11. The van der Waals surface area contributed by atoms with Crippen molar-refractivity contribution in [1.29, 1.82) is 0 Å². The van der Waals surface area contributed by atoms with Crippen LogP contribution in [0.4, 0.5) is 5.13 Å². The first-order valence-electron chi connectivity index (χ1n) is 10.5. The molecule has 1 amide bonds. The van der Waals surface area contributed by atoms with Crippen LogP contribution in [0, 0.1) is 0 Å². The Labute approximate surface area is 197 Å². The maximum atomic E-state index is 12.5. The summed E-state index contributed by atoms with van der Waals surface area (Å²) < 4.78 is 5.75. The molecule has 3 rings (SSSR count). The Morgan fingerprint density at radius 3 is 2.61 bits per heavy atom. The molecule has 0 bridgehead atoms. The highest BCUT2D eigenvalue weighted by atomic mass is 35.5. The number of aromatic nitrogens is 1. The summed E-state index contributed by atoms with van der Waals surface area (Å²) >= 11 is 13.8. The Hall–Kier alpha value is -2.08. The predicted molar refractivity (Wildman–Crippen MR) is 130 cm³/mol. The van der Waals surface area contributed by atoms with Crippen LogP contribution in [0.1, 0.15) is 59.8 Å². The van der Waals surface area contributed by atoms with Crippen LogP contribution < -0.4 is 10.1 Å². The number of hydrogen-bond acceptors (Lipinski definition) is 4. The Morgan fingerprint density at radius 2 is 1.84 bits per heavy atom. The van der Waals surface area contributed by atoms with Crippen molar-refractivity contribution in [2.24, 2.45) is 0 Å². The average Bonchev–Trinajstić information content (AvgIpc) is 3.21. The minimum Gasteiger partial charge on any atom is -0.494 e. The van der Waals surface area contributed by atoms with Crippen molar-refractivity contribution in [3.05, 3.63) is 74.7 Å². The SMILES string of the molecule is CCCCCCCOc1ccc(C(=O)Nc2ncc(Cc3cccc(Cl)c3Cl)s2)cc1. The van der Waals surface area contributed by atoms with Gasteiger partial charge in [0.05, 0.1) is 16.7 Å². The number of carbonyl (C=O) groups excluding carboxylic acids is 1. The molecule has 0 atom stereocenters. The Bertz CT molecular complexity index is 989. The molecule has 164 valence electrons. The van der Waals surface area contributed by atoms with Crippen LogP contribution in [-0.4, -0.2) is 17.5 Å². The van der Waals surface area contributed by atoms with Crippen molar-refractivity contribution in [3.63, 3.8) is 0 Å². The first-order valence-corrected chi connectivity index (χ1v) is 12.1. The standard InChI is InChI=1S/C24H26Cl2N2O2S/c1-2-3-4-5-6-14-30-19-12-10-17(11-13-19)23(29)28-24-27-16-20(31-24)15-18-8-7-9-21(25)22(18)26/h7-13,16H,2-6,14-15H2,1H3,(H,27,28,29). The molecule has 1 heterocycles. The lowest BCUT2D eigenvalue weighted by atomic mass is 10.1. The van der Waals surface area contributed by atoms with Crippen LogP contribution in [0.2, 0.25) is 10.0 Å². The maximum absolute atomic E-state index is 12.5. The molecule has 0 aliphatic heterocycles. The molecule has 4 nitrogen and oxygen atoms in total. The van der Waals surface area contributed by atoms with Crippen molar-refractivity contribution in [2.45, 2.75) is 45.4 Å². The molecule has 0 saturated carbocycles. The average molecular weight is 477 g/mol. The Kier molecular flexibility index (Phi) is 9.19. The van der Waals surface area contributed by atoms with E-state index in [1.54, 1.807) is 24.4 Å². The number of benzene rings is 2. The zero-order valence-corrected chi connectivity index (χ0v) is 19.8. The molecule has 2 aromatic carbocycles. The maximum Gasteiger partial charge on any atom is 0.257 e. The smallest absolute Gasteiger partial charge is 0.257 e.